The summed E-state index contributed by atoms with van der Waals surface area (Å²) >= 11 is 0. The molecule has 2 aliphatic rings. The number of benzene rings is 1. The first-order valence-electron chi connectivity index (χ1n) is 8.01. The van der Waals surface area contributed by atoms with E-state index in [1.54, 1.807) is 20.1 Å². The number of likely N-dealkylation sites (tertiary alicyclic amines) is 1. The molecule has 2 aliphatic heterocycles. The average Bonchev–Trinajstić information content (AvgIpc) is 3.10. The molecule has 6 nitrogen and oxygen atoms in total. The molecule has 3 atom stereocenters. The standard InChI is InChI=1S/C17H24N2O4/c1-17(22,10-19-7-3-4-12(19)9-20)11-5-6-13-14(8-11)15(21)18-16(13)23-2/h5-6,8,12,16,20,22H,3-4,7,9-10H2,1-2H3,(H,18,21)/t12-,16?,17?/m1/s1. The van der Waals surface area contributed by atoms with Crippen LogP contribution in [0.4, 0.5) is 0 Å². The Morgan fingerprint density at radius 2 is 2.26 bits per heavy atom. The van der Waals surface area contributed by atoms with Gasteiger partial charge in [-0.1, -0.05) is 12.1 Å². The van der Waals surface area contributed by atoms with Crippen LogP contribution in [-0.2, 0) is 10.3 Å². The Kier molecular flexibility index (Phi) is 4.42. The second-order valence-electron chi connectivity index (χ2n) is 6.61. The zero-order chi connectivity index (χ0) is 16.6. The van der Waals surface area contributed by atoms with Gasteiger partial charge >= 0.3 is 0 Å². The highest BCUT2D eigenvalue weighted by Gasteiger charge is 2.35. The number of amides is 1. The van der Waals surface area contributed by atoms with Crippen molar-refractivity contribution in [2.45, 2.75) is 37.6 Å². The molecule has 2 heterocycles. The highest BCUT2D eigenvalue weighted by atomic mass is 16.5. The highest BCUT2D eigenvalue weighted by molar-refractivity contribution is 5.99. The molecule has 0 radical (unpaired) electrons. The average molecular weight is 320 g/mol. The van der Waals surface area contributed by atoms with Gasteiger partial charge < -0.3 is 20.3 Å². The molecule has 0 saturated carbocycles. The third-order valence-corrected chi connectivity index (χ3v) is 4.92. The van der Waals surface area contributed by atoms with E-state index in [1.807, 2.05) is 12.1 Å². The summed E-state index contributed by atoms with van der Waals surface area (Å²) < 4.78 is 5.24. The van der Waals surface area contributed by atoms with Crippen molar-refractivity contribution in [2.24, 2.45) is 0 Å². The maximum absolute atomic E-state index is 12.0. The number of methoxy groups -OCH3 is 1. The number of aliphatic hydroxyl groups is 2. The molecule has 0 aromatic heterocycles. The van der Waals surface area contributed by atoms with Crippen molar-refractivity contribution in [2.75, 3.05) is 26.8 Å². The molecule has 3 rings (SSSR count). The zero-order valence-corrected chi connectivity index (χ0v) is 13.6. The molecule has 0 bridgehead atoms. The van der Waals surface area contributed by atoms with Crippen LogP contribution < -0.4 is 5.32 Å². The number of nitrogens with zero attached hydrogens (tertiary/aromatic N) is 1. The number of aliphatic hydroxyl groups excluding tert-OH is 1. The number of nitrogens with one attached hydrogen (secondary N) is 1. The predicted molar refractivity (Wildman–Crippen MR) is 84.9 cm³/mol. The van der Waals surface area contributed by atoms with Crippen LogP contribution in [0, 0.1) is 0 Å². The fourth-order valence-electron chi connectivity index (χ4n) is 3.57. The first-order chi connectivity index (χ1) is 11.0. The normalized spacial score (nSPS) is 26.9. The molecule has 1 amide bonds. The van der Waals surface area contributed by atoms with E-state index in [0.29, 0.717) is 17.7 Å². The molecule has 1 aromatic rings. The predicted octanol–water partition coefficient (Wildman–Crippen LogP) is 0.739. The summed E-state index contributed by atoms with van der Waals surface area (Å²) in [5, 5.41) is 23.1. The van der Waals surface area contributed by atoms with Gasteiger partial charge in [-0.05, 0) is 37.9 Å². The molecule has 0 aliphatic carbocycles. The summed E-state index contributed by atoms with van der Waals surface area (Å²) in [5.74, 6) is -0.182. The van der Waals surface area contributed by atoms with Gasteiger partial charge in [-0.3, -0.25) is 9.69 Å². The molecule has 3 N–H and O–H groups in total. The molecule has 0 spiro atoms. The summed E-state index contributed by atoms with van der Waals surface area (Å²) in [6.07, 6.45) is 1.56. The van der Waals surface area contributed by atoms with Crippen LogP contribution >= 0.6 is 0 Å². The number of rotatable bonds is 5. The molecular formula is C17H24N2O4. The summed E-state index contributed by atoms with van der Waals surface area (Å²) in [6.45, 7) is 3.17. The number of hydrogen-bond acceptors (Lipinski definition) is 5. The van der Waals surface area contributed by atoms with Crippen LogP contribution in [0.15, 0.2) is 18.2 Å². The van der Waals surface area contributed by atoms with E-state index >= 15 is 0 Å². The Balaban J connectivity index is 1.83. The first-order valence-corrected chi connectivity index (χ1v) is 8.01. The van der Waals surface area contributed by atoms with Crippen molar-refractivity contribution < 1.29 is 19.7 Å². The van der Waals surface area contributed by atoms with Gasteiger partial charge in [0.25, 0.3) is 5.91 Å². The van der Waals surface area contributed by atoms with E-state index in [4.69, 9.17) is 4.74 Å². The second-order valence-corrected chi connectivity index (χ2v) is 6.61. The van der Waals surface area contributed by atoms with E-state index in [1.165, 1.54) is 0 Å². The molecule has 1 fully saturated rings. The first kappa shape index (κ1) is 16.4. The van der Waals surface area contributed by atoms with E-state index in [2.05, 4.69) is 10.2 Å². The molecule has 1 aromatic carbocycles. The Morgan fingerprint density at radius 1 is 1.48 bits per heavy atom. The number of carbonyl (C=O) groups is 1. The van der Waals surface area contributed by atoms with Crippen LogP contribution in [0.1, 0.15) is 47.5 Å². The Bertz CT molecular complexity index is 602. The van der Waals surface area contributed by atoms with Crippen molar-refractivity contribution in [1.82, 2.24) is 10.2 Å². The quantitative estimate of drug-likeness (QED) is 0.745. The largest absolute Gasteiger partial charge is 0.395 e. The monoisotopic (exact) mass is 320 g/mol. The SMILES string of the molecule is COC1NC(=O)c2cc(C(C)(O)CN3CCC[C@@H]3CO)ccc21. The van der Waals surface area contributed by atoms with Gasteiger partial charge in [-0.15, -0.1) is 0 Å². The van der Waals surface area contributed by atoms with Gasteiger partial charge in [0.2, 0.25) is 0 Å². The summed E-state index contributed by atoms with van der Waals surface area (Å²) in [4.78, 5) is 14.2. The van der Waals surface area contributed by atoms with Gasteiger partial charge in [-0.2, -0.15) is 0 Å². The second kappa shape index (κ2) is 6.20. The van der Waals surface area contributed by atoms with Crippen LogP contribution in [0.3, 0.4) is 0 Å². The number of hydrogen-bond donors (Lipinski definition) is 3. The lowest BCUT2D eigenvalue weighted by Crippen LogP contribution is -2.42. The zero-order valence-electron chi connectivity index (χ0n) is 13.6. The van der Waals surface area contributed by atoms with Gasteiger partial charge in [0.15, 0.2) is 6.23 Å². The topological polar surface area (TPSA) is 82.0 Å². The van der Waals surface area contributed by atoms with E-state index in [0.717, 1.165) is 24.9 Å². The summed E-state index contributed by atoms with van der Waals surface area (Å²) in [7, 11) is 1.55. The van der Waals surface area contributed by atoms with E-state index < -0.39 is 11.8 Å². The maximum Gasteiger partial charge on any atom is 0.253 e. The van der Waals surface area contributed by atoms with Gasteiger partial charge in [0.1, 0.15) is 0 Å². The number of β-amino-alcohol motifs (C(OH)–C–C–N with tert-alkyl or cyclic N) is 1. The van der Waals surface area contributed by atoms with Crippen molar-refractivity contribution in [3.63, 3.8) is 0 Å². The van der Waals surface area contributed by atoms with Gasteiger partial charge in [0, 0.05) is 30.8 Å². The van der Waals surface area contributed by atoms with Crippen LogP contribution in [0.25, 0.3) is 0 Å². The number of fused-ring (bicyclic) bond motifs is 1. The lowest BCUT2D eigenvalue weighted by molar-refractivity contribution is 0.00490. The minimum absolute atomic E-state index is 0.108. The van der Waals surface area contributed by atoms with Gasteiger partial charge in [0.05, 0.1) is 12.2 Å². The number of ether oxygens (including phenoxy) is 1. The van der Waals surface area contributed by atoms with Crippen LogP contribution in [-0.4, -0.2) is 53.9 Å². The van der Waals surface area contributed by atoms with Crippen molar-refractivity contribution in [3.8, 4) is 0 Å². The summed E-state index contributed by atoms with van der Waals surface area (Å²) in [5.41, 5.74) is 0.964. The van der Waals surface area contributed by atoms with E-state index in [9.17, 15) is 15.0 Å². The molecule has 6 heteroatoms. The smallest absolute Gasteiger partial charge is 0.253 e. The minimum Gasteiger partial charge on any atom is -0.395 e. The fourth-order valence-corrected chi connectivity index (χ4v) is 3.57. The van der Waals surface area contributed by atoms with Gasteiger partial charge in [-0.25, -0.2) is 0 Å². The molecule has 1 saturated heterocycles. The van der Waals surface area contributed by atoms with Crippen molar-refractivity contribution >= 4 is 5.91 Å². The molecular weight excluding hydrogens is 296 g/mol. The third-order valence-electron chi connectivity index (χ3n) is 4.92. The maximum atomic E-state index is 12.0. The molecule has 2 unspecified atom stereocenters. The fraction of sp³-hybridized carbons (Fsp3) is 0.588. The molecule has 126 valence electrons. The Morgan fingerprint density at radius 3 is 2.96 bits per heavy atom. The Labute approximate surface area is 136 Å². The van der Waals surface area contributed by atoms with Crippen LogP contribution in [0.2, 0.25) is 0 Å². The highest BCUT2D eigenvalue weighted by Crippen LogP contribution is 2.32. The lowest BCUT2D eigenvalue weighted by Gasteiger charge is -2.32. The minimum atomic E-state index is -1.09. The van der Waals surface area contributed by atoms with Crippen LogP contribution in [0.5, 0.6) is 0 Å². The Hall–Kier alpha value is -1.47. The van der Waals surface area contributed by atoms with Crippen molar-refractivity contribution in [1.29, 1.82) is 0 Å². The summed E-state index contributed by atoms with van der Waals surface area (Å²) in [6, 6.07) is 5.53. The van der Waals surface area contributed by atoms with Crippen molar-refractivity contribution in [3.05, 3.63) is 34.9 Å². The number of carbonyl (C=O) groups excluding carboxylic acids is 1. The lowest BCUT2D eigenvalue weighted by atomic mass is 9.92. The third kappa shape index (κ3) is 2.99. The van der Waals surface area contributed by atoms with E-state index in [-0.39, 0.29) is 18.6 Å². The molecule has 23 heavy (non-hydrogen) atoms.